The summed E-state index contributed by atoms with van der Waals surface area (Å²) in [5.41, 5.74) is 1.30. The van der Waals surface area contributed by atoms with Crippen LogP contribution in [-0.4, -0.2) is 46.3 Å². The second kappa shape index (κ2) is 10.2. The van der Waals surface area contributed by atoms with Gasteiger partial charge < -0.3 is 10.1 Å². The molecule has 7 nitrogen and oxygen atoms in total. The van der Waals surface area contributed by atoms with Crippen LogP contribution in [0.5, 0.6) is 0 Å². The van der Waals surface area contributed by atoms with Gasteiger partial charge in [-0.15, -0.1) is 0 Å². The normalized spacial score (nSPS) is 17.1. The highest BCUT2D eigenvalue weighted by atomic mass is 32.2. The number of amides is 2. The number of carbonyl (C=O) groups is 3. The van der Waals surface area contributed by atoms with Crippen LogP contribution in [0.4, 0.5) is 15.8 Å². The Morgan fingerprint density at radius 2 is 1.94 bits per heavy atom. The summed E-state index contributed by atoms with van der Waals surface area (Å²) in [6, 6.07) is 12.1. The predicted molar refractivity (Wildman–Crippen MR) is 118 cm³/mol. The van der Waals surface area contributed by atoms with Crippen LogP contribution in [0.3, 0.4) is 0 Å². The fourth-order valence-corrected chi connectivity index (χ4v) is 4.18. The molecule has 0 radical (unpaired) electrons. The zero-order chi connectivity index (χ0) is 22.4. The SMILES string of the molecule is CCOC(=O)c1ccc(NC(=O)CC2SC(=Nc3cccc(F)c3)N(CC)C2=O)cc1. The first-order valence-electron chi connectivity index (χ1n) is 9.80. The average Bonchev–Trinajstić information content (AvgIpc) is 3.02. The molecule has 3 rings (SSSR count). The van der Waals surface area contributed by atoms with Crippen molar-refractivity contribution in [3.05, 3.63) is 59.9 Å². The molecule has 1 atom stereocenters. The number of aliphatic imine (C=N–C) groups is 1. The summed E-state index contributed by atoms with van der Waals surface area (Å²) >= 11 is 1.18. The third-order valence-corrected chi connectivity index (χ3v) is 5.60. The van der Waals surface area contributed by atoms with Crippen molar-refractivity contribution in [2.45, 2.75) is 25.5 Å². The van der Waals surface area contributed by atoms with Crippen molar-refractivity contribution in [1.29, 1.82) is 0 Å². The minimum atomic E-state index is -0.619. The van der Waals surface area contributed by atoms with Crippen molar-refractivity contribution in [2.24, 2.45) is 4.99 Å². The number of nitrogens with zero attached hydrogens (tertiary/aromatic N) is 2. The molecule has 0 aromatic heterocycles. The third-order valence-electron chi connectivity index (χ3n) is 4.42. The van der Waals surface area contributed by atoms with Gasteiger partial charge >= 0.3 is 5.97 Å². The van der Waals surface area contributed by atoms with E-state index in [0.717, 1.165) is 0 Å². The third kappa shape index (κ3) is 5.69. The number of hydrogen-bond donors (Lipinski definition) is 1. The van der Waals surface area contributed by atoms with Gasteiger partial charge in [0.2, 0.25) is 11.8 Å². The Kier molecular flexibility index (Phi) is 7.41. The van der Waals surface area contributed by atoms with E-state index >= 15 is 0 Å². The summed E-state index contributed by atoms with van der Waals surface area (Å²) in [5.74, 6) is -1.39. The van der Waals surface area contributed by atoms with E-state index < -0.39 is 17.0 Å². The molecule has 1 fully saturated rings. The number of rotatable bonds is 7. The Morgan fingerprint density at radius 3 is 2.58 bits per heavy atom. The van der Waals surface area contributed by atoms with Crippen molar-refractivity contribution in [3.8, 4) is 0 Å². The number of halogens is 1. The maximum absolute atomic E-state index is 13.4. The highest BCUT2D eigenvalue weighted by Crippen LogP contribution is 2.31. The van der Waals surface area contributed by atoms with Crippen molar-refractivity contribution in [1.82, 2.24) is 4.90 Å². The lowest BCUT2D eigenvalue weighted by Crippen LogP contribution is -2.33. The van der Waals surface area contributed by atoms with Gasteiger partial charge in [-0.3, -0.25) is 14.5 Å². The summed E-state index contributed by atoms with van der Waals surface area (Å²) in [7, 11) is 0. The molecule has 9 heteroatoms. The van der Waals surface area contributed by atoms with Crippen LogP contribution in [0.15, 0.2) is 53.5 Å². The Balaban J connectivity index is 1.64. The number of hydrogen-bond acceptors (Lipinski definition) is 6. The Labute approximate surface area is 183 Å². The van der Waals surface area contributed by atoms with E-state index in [4.69, 9.17) is 4.74 Å². The highest BCUT2D eigenvalue weighted by molar-refractivity contribution is 8.15. The summed E-state index contributed by atoms with van der Waals surface area (Å²) in [4.78, 5) is 42.7. The Morgan fingerprint density at radius 1 is 1.19 bits per heavy atom. The van der Waals surface area contributed by atoms with Crippen LogP contribution >= 0.6 is 11.8 Å². The lowest BCUT2D eigenvalue weighted by Gasteiger charge is -2.13. The van der Waals surface area contributed by atoms with Crippen LogP contribution in [0.2, 0.25) is 0 Å². The van der Waals surface area contributed by atoms with Gasteiger partial charge in [-0.2, -0.15) is 0 Å². The molecule has 1 heterocycles. The molecule has 0 saturated carbocycles. The van der Waals surface area contributed by atoms with Gasteiger partial charge in [0.05, 0.1) is 17.9 Å². The number of benzene rings is 2. The number of anilines is 1. The first-order chi connectivity index (χ1) is 14.9. The fourth-order valence-electron chi connectivity index (χ4n) is 2.96. The van der Waals surface area contributed by atoms with Crippen LogP contribution in [0, 0.1) is 5.82 Å². The minimum Gasteiger partial charge on any atom is -0.462 e. The summed E-state index contributed by atoms with van der Waals surface area (Å²) in [6.07, 6.45) is -0.0399. The van der Waals surface area contributed by atoms with Gasteiger partial charge in [0.15, 0.2) is 5.17 Å². The number of thioether (sulfide) groups is 1. The van der Waals surface area contributed by atoms with Gasteiger partial charge in [0.1, 0.15) is 11.1 Å². The van der Waals surface area contributed by atoms with Crippen LogP contribution < -0.4 is 5.32 Å². The topological polar surface area (TPSA) is 88.1 Å². The molecule has 1 saturated heterocycles. The molecule has 2 aromatic rings. The monoisotopic (exact) mass is 443 g/mol. The fraction of sp³-hybridized carbons (Fsp3) is 0.273. The molecule has 162 valence electrons. The van der Waals surface area contributed by atoms with Gasteiger partial charge in [0.25, 0.3) is 0 Å². The molecule has 2 amide bonds. The number of ether oxygens (including phenoxy) is 1. The summed E-state index contributed by atoms with van der Waals surface area (Å²) < 4.78 is 18.4. The van der Waals surface area contributed by atoms with E-state index in [9.17, 15) is 18.8 Å². The molecule has 0 bridgehead atoms. The molecule has 1 aliphatic heterocycles. The molecule has 2 aromatic carbocycles. The zero-order valence-electron chi connectivity index (χ0n) is 17.1. The van der Waals surface area contributed by atoms with E-state index in [0.29, 0.717) is 28.7 Å². The second-order valence-electron chi connectivity index (χ2n) is 6.61. The van der Waals surface area contributed by atoms with E-state index in [2.05, 4.69) is 10.3 Å². The first kappa shape index (κ1) is 22.5. The van der Waals surface area contributed by atoms with Gasteiger partial charge in [-0.25, -0.2) is 14.2 Å². The highest BCUT2D eigenvalue weighted by Gasteiger charge is 2.38. The predicted octanol–water partition coefficient (Wildman–Crippen LogP) is 3.98. The summed E-state index contributed by atoms with van der Waals surface area (Å²) in [5, 5.41) is 2.55. The molecule has 1 aliphatic rings. The smallest absolute Gasteiger partial charge is 0.338 e. The molecule has 0 aliphatic carbocycles. The molecule has 31 heavy (non-hydrogen) atoms. The zero-order valence-corrected chi connectivity index (χ0v) is 17.9. The van der Waals surface area contributed by atoms with E-state index in [1.54, 1.807) is 43.3 Å². The average molecular weight is 444 g/mol. The largest absolute Gasteiger partial charge is 0.462 e. The summed E-state index contributed by atoms with van der Waals surface area (Å²) in [6.45, 7) is 4.22. The lowest BCUT2D eigenvalue weighted by molar-refractivity contribution is -0.128. The van der Waals surface area contributed by atoms with E-state index in [-0.39, 0.29) is 24.8 Å². The van der Waals surface area contributed by atoms with Gasteiger partial charge in [0, 0.05) is 18.7 Å². The maximum Gasteiger partial charge on any atom is 0.338 e. The number of carbonyl (C=O) groups excluding carboxylic acids is 3. The van der Waals surface area contributed by atoms with E-state index in [1.807, 2.05) is 6.92 Å². The molecule has 1 N–H and O–H groups in total. The number of nitrogens with one attached hydrogen (secondary N) is 1. The molecular formula is C22H22FN3O4S. The molecule has 0 spiro atoms. The lowest BCUT2D eigenvalue weighted by atomic mass is 10.2. The van der Waals surface area contributed by atoms with Crippen molar-refractivity contribution >= 4 is 46.1 Å². The molecular weight excluding hydrogens is 421 g/mol. The van der Waals surface area contributed by atoms with Crippen LogP contribution in [-0.2, 0) is 14.3 Å². The second-order valence-corrected chi connectivity index (χ2v) is 7.78. The standard InChI is InChI=1S/C22H22FN3O4S/c1-3-26-20(28)18(31-22(26)25-17-7-5-6-15(23)12-17)13-19(27)24-16-10-8-14(9-11-16)21(29)30-4-2/h5-12,18H,3-4,13H2,1-2H3,(H,24,27). The van der Waals surface area contributed by atoms with Crippen molar-refractivity contribution in [3.63, 3.8) is 0 Å². The first-order valence-corrected chi connectivity index (χ1v) is 10.7. The Bertz CT molecular complexity index is 1010. The van der Waals surface area contributed by atoms with Crippen molar-refractivity contribution in [2.75, 3.05) is 18.5 Å². The minimum absolute atomic E-state index is 0.0399. The number of amidine groups is 1. The number of esters is 1. The van der Waals surface area contributed by atoms with Crippen LogP contribution in [0.25, 0.3) is 0 Å². The Hall–Kier alpha value is -3.20. The molecule has 1 unspecified atom stereocenters. The van der Waals surface area contributed by atoms with E-state index in [1.165, 1.54) is 28.8 Å². The van der Waals surface area contributed by atoms with Crippen molar-refractivity contribution < 1.29 is 23.5 Å². The van der Waals surface area contributed by atoms with Crippen LogP contribution in [0.1, 0.15) is 30.6 Å². The van der Waals surface area contributed by atoms with Gasteiger partial charge in [-0.1, -0.05) is 17.8 Å². The quantitative estimate of drug-likeness (QED) is 0.654. The maximum atomic E-state index is 13.4. The van der Waals surface area contributed by atoms with Gasteiger partial charge in [-0.05, 0) is 56.3 Å².